The van der Waals surface area contributed by atoms with Crippen molar-refractivity contribution in [3.63, 3.8) is 0 Å². The Balaban J connectivity index is 1.50. The number of piperazine rings is 1. The highest BCUT2D eigenvalue weighted by atomic mass is 16.5. The third-order valence-electron chi connectivity index (χ3n) is 4.60. The van der Waals surface area contributed by atoms with Crippen LogP contribution in [0, 0.1) is 0 Å². The van der Waals surface area contributed by atoms with E-state index in [1.807, 2.05) is 29.3 Å². The Kier molecular flexibility index (Phi) is 5.06. The van der Waals surface area contributed by atoms with Crippen molar-refractivity contribution in [2.75, 3.05) is 50.7 Å². The molecule has 0 saturated carbocycles. The Morgan fingerprint density at radius 3 is 2.67 bits per heavy atom. The van der Waals surface area contributed by atoms with Crippen LogP contribution in [0.5, 0.6) is 0 Å². The number of aromatic nitrogens is 1. The van der Waals surface area contributed by atoms with Gasteiger partial charge in [0.2, 0.25) is 5.91 Å². The molecule has 3 heterocycles. The van der Waals surface area contributed by atoms with E-state index in [-0.39, 0.29) is 17.6 Å². The largest absolute Gasteiger partial charge is 0.370 e. The van der Waals surface area contributed by atoms with E-state index < -0.39 is 0 Å². The smallest absolute Gasteiger partial charge is 0.236 e. The van der Waals surface area contributed by atoms with E-state index in [0.717, 1.165) is 45.1 Å². The van der Waals surface area contributed by atoms with E-state index in [1.165, 1.54) is 0 Å². The molecule has 0 N–H and O–H groups in total. The van der Waals surface area contributed by atoms with E-state index in [1.54, 1.807) is 0 Å². The first-order valence-corrected chi connectivity index (χ1v) is 8.77. The summed E-state index contributed by atoms with van der Waals surface area (Å²) < 4.78 is 5.91. The number of pyridine rings is 1. The van der Waals surface area contributed by atoms with Crippen LogP contribution in [0.1, 0.15) is 20.8 Å². The van der Waals surface area contributed by atoms with E-state index in [4.69, 9.17) is 4.74 Å². The van der Waals surface area contributed by atoms with Gasteiger partial charge in [0.15, 0.2) is 0 Å². The van der Waals surface area contributed by atoms with Gasteiger partial charge in [-0.15, -0.1) is 0 Å². The lowest BCUT2D eigenvalue weighted by molar-refractivity contribution is -0.145. The molecule has 6 heteroatoms. The second kappa shape index (κ2) is 7.07. The average molecular weight is 332 g/mol. The number of carbonyl (C=O) groups is 1. The van der Waals surface area contributed by atoms with Crippen molar-refractivity contribution in [2.24, 2.45) is 0 Å². The number of rotatable bonds is 3. The Morgan fingerprint density at radius 1 is 1.29 bits per heavy atom. The summed E-state index contributed by atoms with van der Waals surface area (Å²) in [7, 11) is 0. The van der Waals surface area contributed by atoms with Crippen molar-refractivity contribution >= 4 is 11.7 Å². The Hall–Kier alpha value is -1.66. The lowest BCUT2D eigenvalue weighted by Crippen LogP contribution is -2.56. The third kappa shape index (κ3) is 4.24. The number of carbonyl (C=O) groups excluding carboxylic acids is 1. The minimum atomic E-state index is -0.185. The van der Waals surface area contributed by atoms with Gasteiger partial charge in [-0.05, 0) is 32.9 Å². The Morgan fingerprint density at radius 2 is 2.04 bits per heavy atom. The molecule has 2 saturated heterocycles. The van der Waals surface area contributed by atoms with Crippen molar-refractivity contribution < 1.29 is 9.53 Å². The zero-order chi connectivity index (χ0) is 17.2. The molecular weight excluding hydrogens is 304 g/mol. The number of ether oxygens (including phenoxy) is 1. The van der Waals surface area contributed by atoms with Crippen LogP contribution in [-0.2, 0) is 9.53 Å². The lowest BCUT2D eigenvalue weighted by Gasteiger charge is -2.42. The maximum Gasteiger partial charge on any atom is 0.236 e. The minimum absolute atomic E-state index is 0.169. The van der Waals surface area contributed by atoms with Crippen molar-refractivity contribution in [1.29, 1.82) is 0 Å². The first kappa shape index (κ1) is 17.2. The van der Waals surface area contributed by atoms with Gasteiger partial charge < -0.3 is 14.5 Å². The zero-order valence-corrected chi connectivity index (χ0v) is 14.9. The predicted octanol–water partition coefficient (Wildman–Crippen LogP) is 1.23. The van der Waals surface area contributed by atoms with Gasteiger partial charge in [0.1, 0.15) is 5.82 Å². The number of hydrogen-bond donors (Lipinski definition) is 0. The molecule has 0 spiro atoms. The number of nitrogens with zero attached hydrogens (tertiary/aromatic N) is 4. The highest BCUT2D eigenvalue weighted by molar-refractivity contribution is 5.78. The summed E-state index contributed by atoms with van der Waals surface area (Å²) >= 11 is 0. The number of anilines is 1. The minimum Gasteiger partial charge on any atom is -0.370 e. The lowest BCUT2D eigenvalue weighted by atomic mass is 10.1. The van der Waals surface area contributed by atoms with Gasteiger partial charge in [0, 0.05) is 45.5 Å². The van der Waals surface area contributed by atoms with Gasteiger partial charge in [-0.25, -0.2) is 4.98 Å². The fourth-order valence-electron chi connectivity index (χ4n) is 3.72. The van der Waals surface area contributed by atoms with Crippen LogP contribution < -0.4 is 4.90 Å². The summed E-state index contributed by atoms with van der Waals surface area (Å²) in [5, 5.41) is 0. The molecule has 24 heavy (non-hydrogen) atoms. The van der Waals surface area contributed by atoms with Gasteiger partial charge >= 0.3 is 0 Å². The first-order chi connectivity index (χ1) is 11.4. The summed E-state index contributed by atoms with van der Waals surface area (Å²) in [6.45, 7) is 11.6. The first-order valence-electron chi connectivity index (χ1n) is 8.77. The third-order valence-corrected chi connectivity index (χ3v) is 4.60. The quantitative estimate of drug-likeness (QED) is 0.833. The van der Waals surface area contributed by atoms with Gasteiger partial charge in [-0.2, -0.15) is 0 Å². The van der Waals surface area contributed by atoms with Crippen LogP contribution in [0.15, 0.2) is 24.4 Å². The van der Waals surface area contributed by atoms with Crippen molar-refractivity contribution in [2.45, 2.75) is 32.5 Å². The highest BCUT2D eigenvalue weighted by Crippen LogP contribution is 2.21. The molecule has 2 aliphatic rings. The molecule has 0 aliphatic carbocycles. The molecule has 0 bridgehead atoms. The monoisotopic (exact) mass is 332 g/mol. The van der Waals surface area contributed by atoms with E-state index in [0.29, 0.717) is 6.54 Å². The molecule has 1 aromatic rings. The van der Waals surface area contributed by atoms with E-state index in [9.17, 15) is 4.79 Å². The molecule has 2 aliphatic heterocycles. The summed E-state index contributed by atoms with van der Waals surface area (Å²) in [6, 6.07) is 5.95. The topological polar surface area (TPSA) is 48.9 Å². The Bertz CT molecular complexity index is 555. The Labute approximate surface area is 144 Å². The predicted molar refractivity (Wildman–Crippen MR) is 94.1 cm³/mol. The molecule has 1 aromatic heterocycles. The van der Waals surface area contributed by atoms with Crippen LogP contribution in [0.2, 0.25) is 0 Å². The second-order valence-electron chi connectivity index (χ2n) is 7.41. The average Bonchev–Trinajstić information content (AvgIpc) is 2.54. The second-order valence-corrected chi connectivity index (χ2v) is 7.41. The van der Waals surface area contributed by atoms with E-state index >= 15 is 0 Å². The van der Waals surface area contributed by atoms with Crippen LogP contribution in [0.3, 0.4) is 0 Å². The van der Waals surface area contributed by atoms with Crippen molar-refractivity contribution in [1.82, 2.24) is 14.8 Å². The fraction of sp³-hybridized carbons (Fsp3) is 0.667. The SMILES string of the molecule is C[C@H]1CN(CC(=O)N2CCN(c3ccccn3)CC2)CC(C)(C)O1. The van der Waals surface area contributed by atoms with Gasteiger partial charge in [0.05, 0.1) is 18.2 Å². The zero-order valence-electron chi connectivity index (χ0n) is 14.9. The van der Waals surface area contributed by atoms with Crippen LogP contribution in [0.4, 0.5) is 5.82 Å². The van der Waals surface area contributed by atoms with Gasteiger partial charge in [0.25, 0.3) is 0 Å². The molecule has 1 atom stereocenters. The number of amides is 1. The molecule has 0 unspecified atom stereocenters. The number of morpholine rings is 1. The molecule has 3 rings (SSSR count). The highest BCUT2D eigenvalue weighted by Gasteiger charge is 2.33. The fourth-order valence-corrected chi connectivity index (χ4v) is 3.72. The van der Waals surface area contributed by atoms with Crippen LogP contribution in [0.25, 0.3) is 0 Å². The standard InChI is InChI=1S/C18H28N4O2/c1-15-12-20(14-18(2,3)24-15)13-17(23)22-10-8-21(9-11-22)16-6-4-5-7-19-16/h4-7,15H,8-14H2,1-3H3/t15-/m0/s1. The molecular formula is C18H28N4O2. The molecule has 6 nitrogen and oxygen atoms in total. The van der Waals surface area contributed by atoms with Crippen molar-refractivity contribution in [3.05, 3.63) is 24.4 Å². The normalized spacial score (nSPS) is 24.9. The van der Waals surface area contributed by atoms with Gasteiger partial charge in [-0.1, -0.05) is 6.07 Å². The summed E-state index contributed by atoms with van der Waals surface area (Å²) in [5.41, 5.74) is -0.185. The summed E-state index contributed by atoms with van der Waals surface area (Å²) in [4.78, 5) is 23.5. The summed E-state index contributed by atoms with van der Waals surface area (Å²) in [5.74, 6) is 1.22. The molecule has 132 valence electrons. The molecule has 2 fully saturated rings. The van der Waals surface area contributed by atoms with Gasteiger partial charge in [-0.3, -0.25) is 9.69 Å². The summed E-state index contributed by atoms with van der Waals surface area (Å²) in [6.07, 6.45) is 1.98. The molecule has 1 amide bonds. The maximum atomic E-state index is 12.6. The van der Waals surface area contributed by atoms with Crippen LogP contribution >= 0.6 is 0 Å². The molecule has 0 radical (unpaired) electrons. The number of hydrogen-bond acceptors (Lipinski definition) is 5. The van der Waals surface area contributed by atoms with Crippen molar-refractivity contribution in [3.8, 4) is 0 Å². The maximum absolute atomic E-state index is 12.6. The van der Waals surface area contributed by atoms with Crippen LogP contribution in [-0.4, -0.2) is 78.2 Å². The molecule has 0 aromatic carbocycles. The van der Waals surface area contributed by atoms with E-state index in [2.05, 4.69) is 35.6 Å².